The molecule has 1 aromatic carbocycles. The van der Waals surface area contributed by atoms with E-state index in [9.17, 15) is 9.59 Å². The molecule has 96 valence electrons. The van der Waals surface area contributed by atoms with E-state index in [0.29, 0.717) is 17.9 Å². The normalized spacial score (nSPS) is 14.2. The number of amides is 1. The molecular formula is C14H17NO3. The number of carbonyl (C=O) groups excluding carboxylic acids is 1. The van der Waals surface area contributed by atoms with Crippen LogP contribution < -0.4 is 5.32 Å². The molecule has 1 saturated carbocycles. The molecule has 0 bridgehead atoms. The van der Waals surface area contributed by atoms with Crippen LogP contribution in [0.4, 0.5) is 0 Å². The lowest BCUT2D eigenvalue weighted by atomic mass is 10.1. The highest BCUT2D eigenvalue weighted by molar-refractivity contribution is 5.94. The van der Waals surface area contributed by atoms with E-state index in [0.717, 1.165) is 12.1 Å². The van der Waals surface area contributed by atoms with Gasteiger partial charge in [-0.3, -0.25) is 9.59 Å². The lowest BCUT2D eigenvalue weighted by Gasteiger charge is -2.05. The van der Waals surface area contributed by atoms with E-state index in [1.54, 1.807) is 12.1 Å². The smallest absolute Gasteiger partial charge is 0.303 e. The van der Waals surface area contributed by atoms with Crippen molar-refractivity contribution in [2.45, 2.75) is 25.7 Å². The van der Waals surface area contributed by atoms with Crippen molar-refractivity contribution in [2.75, 3.05) is 6.54 Å². The lowest BCUT2D eigenvalue weighted by molar-refractivity contribution is -0.136. The van der Waals surface area contributed by atoms with Crippen molar-refractivity contribution in [1.29, 1.82) is 0 Å². The third-order valence-corrected chi connectivity index (χ3v) is 3.09. The van der Waals surface area contributed by atoms with Crippen molar-refractivity contribution in [1.82, 2.24) is 5.32 Å². The van der Waals surface area contributed by atoms with Crippen LogP contribution in [0.2, 0.25) is 0 Å². The second-order valence-corrected chi connectivity index (χ2v) is 4.74. The molecule has 0 saturated heterocycles. The number of benzene rings is 1. The average Bonchev–Trinajstić information content (AvgIpc) is 3.18. The Morgan fingerprint density at radius 2 is 1.89 bits per heavy atom. The van der Waals surface area contributed by atoms with Gasteiger partial charge in [0, 0.05) is 18.5 Å². The quantitative estimate of drug-likeness (QED) is 0.806. The topological polar surface area (TPSA) is 66.4 Å². The molecule has 4 nitrogen and oxygen atoms in total. The van der Waals surface area contributed by atoms with Gasteiger partial charge in [0.05, 0.1) is 0 Å². The molecule has 0 spiro atoms. The zero-order valence-corrected chi connectivity index (χ0v) is 10.2. The van der Waals surface area contributed by atoms with Crippen molar-refractivity contribution < 1.29 is 14.7 Å². The van der Waals surface area contributed by atoms with Crippen LogP contribution in [0.25, 0.3) is 0 Å². The third-order valence-electron chi connectivity index (χ3n) is 3.09. The van der Waals surface area contributed by atoms with Crippen LogP contribution in [0.3, 0.4) is 0 Å². The van der Waals surface area contributed by atoms with Crippen LogP contribution in [-0.2, 0) is 11.2 Å². The van der Waals surface area contributed by atoms with Crippen LogP contribution in [-0.4, -0.2) is 23.5 Å². The van der Waals surface area contributed by atoms with Gasteiger partial charge in [-0.25, -0.2) is 0 Å². The van der Waals surface area contributed by atoms with Gasteiger partial charge in [-0.05, 0) is 42.9 Å². The van der Waals surface area contributed by atoms with Gasteiger partial charge in [-0.2, -0.15) is 0 Å². The van der Waals surface area contributed by atoms with Crippen LogP contribution >= 0.6 is 0 Å². The SMILES string of the molecule is O=C(O)CCc1ccc(C(=O)NCC2CC2)cc1. The Kier molecular flexibility index (Phi) is 3.97. The maximum Gasteiger partial charge on any atom is 0.303 e. The maximum absolute atomic E-state index is 11.7. The molecule has 0 heterocycles. The van der Waals surface area contributed by atoms with E-state index in [1.165, 1.54) is 12.8 Å². The summed E-state index contributed by atoms with van der Waals surface area (Å²) in [5.41, 5.74) is 1.57. The van der Waals surface area contributed by atoms with Crippen molar-refractivity contribution in [3.05, 3.63) is 35.4 Å². The molecule has 2 rings (SSSR count). The summed E-state index contributed by atoms with van der Waals surface area (Å²) in [7, 11) is 0. The minimum Gasteiger partial charge on any atom is -0.481 e. The van der Waals surface area contributed by atoms with Gasteiger partial charge in [-0.1, -0.05) is 12.1 Å². The van der Waals surface area contributed by atoms with Crippen molar-refractivity contribution in [3.63, 3.8) is 0 Å². The molecule has 0 aromatic heterocycles. The van der Waals surface area contributed by atoms with E-state index < -0.39 is 5.97 Å². The number of rotatable bonds is 6. The monoisotopic (exact) mass is 247 g/mol. The molecule has 2 N–H and O–H groups in total. The standard InChI is InChI=1S/C14H17NO3/c16-13(17)8-5-10-3-6-12(7-4-10)14(18)15-9-11-1-2-11/h3-4,6-7,11H,1-2,5,8-9H2,(H,15,18)(H,16,17). The minimum absolute atomic E-state index is 0.0494. The average molecular weight is 247 g/mol. The fourth-order valence-electron chi connectivity index (χ4n) is 1.74. The Balaban J connectivity index is 1.85. The van der Waals surface area contributed by atoms with E-state index in [1.807, 2.05) is 12.1 Å². The first-order valence-corrected chi connectivity index (χ1v) is 6.24. The van der Waals surface area contributed by atoms with Crippen LogP contribution in [0, 0.1) is 5.92 Å². The van der Waals surface area contributed by atoms with Crippen LogP contribution in [0.15, 0.2) is 24.3 Å². The van der Waals surface area contributed by atoms with E-state index >= 15 is 0 Å². The van der Waals surface area contributed by atoms with Gasteiger partial charge in [0.25, 0.3) is 5.91 Å². The molecule has 1 fully saturated rings. The molecule has 1 aliphatic carbocycles. The molecule has 1 aliphatic rings. The fourth-order valence-corrected chi connectivity index (χ4v) is 1.74. The number of hydrogen-bond acceptors (Lipinski definition) is 2. The summed E-state index contributed by atoms with van der Waals surface area (Å²) >= 11 is 0. The van der Waals surface area contributed by atoms with E-state index in [2.05, 4.69) is 5.32 Å². The molecule has 18 heavy (non-hydrogen) atoms. The van der Waals surface area contributed by atoms with Crippen molar-refractivity contribution in [2.24, 2.45) is 5.92 Å². The molecule has 1 amide bonds. The number of carboxylic acid groups (broad SMARTS) is 1. The zero-order valence-electron chi connectivity index (χ0n) is 10.2. The lowest BCUT2D eigenvalue weighted by Crippen LogP contribution is -2.25. The van der Waals surface area contributed by atoms with Crippen molar-refractivity contribution in [3.8, 4) is 0 Å². The third kappa shape index (κ3) is 3.87. The first-order valence-electron chi connectivity index (χ1n) is 6.24. The van der Waals surface area contributed by atoms with E-state index in [4.69, 9.17) is 5.11 Å². The first-order chi connectivity index (χ1) is 8.65. The minimum atomic E-state index is -0.804. The molecular weight excluding hydrogens is 230 g/mol. The summed E-state index contributed by atoms with van der Waals surface area (Å²) in [6, 6.07) is 7.13. The number of carbonyl (C=O) groups is 2. The van der Waals surface area contributed by atoms with Crippen LogP contribution in [0.5, 0.6) is 0 Å². The molecule has 1 aromatic rings. The van der Waals surface area contributed by atoms with E-state index in [-0.39, 0.29) is 12.3 Å². The second-order valence-electron chi connectivity index (χ2n) is 4.74. The summed E-state index contributed by atoms with van der Waals surface area (Å²) in [6.07, 6.45) is 3.05. The predicted octanol–water partition coefficient (Wildman–Crippen LogP) is 1.84. The predicted molar refractivity (Wildman–Crippen MR) is 67.5 cm³/mol. The van der Waals surface area contributed by atoms with Crippen molar-refractivity contribution >= 4 is 11.9 Å². The molecule has 0 unspecified atom stereocenters. The largest absolute Gasteiger partial charge is 0.481 e. The second kappa shape index (κ2) is 5.67. The summed E-state index contributed by atoms with van der Waals surface area (Å²) in [4.78, 5) is 22.2. The fraction of sp³-hybridized carbons (Fsp3) is 0.429. The maximum atomic E-state index is 11.7. The number of nitrogens with one attached hydrogen (secondary N) is 1. The highest BCUT2D eigenvalue weighted by Crippen LogP contribution is 2.27. The Bertz CT molecular complexity index is 435. The Hall–Kier alpha value is -1.84. The summed E-state index contributed by atoms with van der Waals surface area (Å²) in [6.45, 7) is 0.763. The number of aliphatic carboxylic acids is 1. The van der Waals surface area contributed by atoms with Gasteiger partial charge >= 0.3 is 5.97 Å². The highest BCUT2D eigenvalue weighted by Gasteiger charge is 2.21. The molecule has 4 heteroatoms. The number of carboxylic acids is 1. The molecule has 0 atom stereocenters. The number of aryl methyl sites for hydroxylation is 1. The Morgan fingerprint density at radius 1 is 1.22 bits per heavy atom. The number of hydrogen-bond donors (Lipinski definition) is 2. The van der Waals surface area contributed by atoms with Crippen LogP contribution in [0.1, 0.15) is 35.2 Å². The van der Waals surface area contributed by atoms with Gasteiger partial charge in [0.2, 0.25) is 0 Å². The first kappa shape index (κ1) is 12.6. The Labute approximate surface area is 106 Å². The Morgan fingerprint density at radius 3 is 2.44 bits per heavy atom. The highest BCUT2D eigenvalue weighted by atomic mass is 16.4. The summed E-state index contributed by atoms with van der Waals surface area (Å²) in [5.74, 6) is -0.184. The molecule has 0 radical (unpaired) electrons. The summed E-state index contributed by atoms with van der Waals surface area (Å²) < 4.78 is 0. The molecule has 0 aliphatic heterocycles. The summed E-state index contributed by atoms with van der Waals surface area (Å²) in [5, 5.41) is 11.5. The van der Waals surface area contributed by atoms with Gasteiger partial charge in [0.15, 0.2) is 0 Å². The van der Waals surface area contributed by atoms with Gasteiger partial charge in [0.1, 0.15) is 0 Å². The zero-order chi connectivity index (χ0) is 13.0. The van der Waals surface area contributed by atoms with Gasteiger partial charge in [-0.15, -0.1) is 0 Å². The van der Waals surface area contributed by atoms with Gasteiger partial charge < -0.3 is 10.4 Å².